The molecule has 0 radical (unpaired) electrons. The summed E-state index contributed by atoms with van der Waals surface area (Å²) in [5.41, 5.74) is 3.12. The Bertz CT molecular complexity index is 1140. The highest BCUT2D eigenvalue weighted by molar-refractivity contribution is 9.11. The monoisotopic (exact) mass is 607 g/mol. The van der Waals surface area contributed by atoms with Crippen LogP contribution in [0.2, 0.25) is 0 Å². The van der Waals surface area contributed by atoms with E-state index in [1.807, 2.05) is 17.0 Å². The molecule has 1 aromatic rings. The normalized spacial score (nSPS) is 21.7. The highest BCUT2D eigenvalue weighted by Crippen LogP contribution is 2.56. The summed E-state index contributed by atoms with van der Waals surface area (Å²) in [5.74, 6) is -0.868. The Kier molecular flexibility index (Phi) is 6.86. The van der Waals surface area contributed by atoms with Crippen molar-refractivity contribution in [1.29, 1.82) is 0 Å². The number of carbonyl (C=O) groups is 3. The largest absolute Gasteiger partial charge is 0.495 e. The van der Waals surface area contributed by atoms with E-state index >= 15 is 0 Å². The predicted octanol–water partition coefficient (Wildman–Crippen LogP) is 6.38. The molecule has 4 rings (SSSR count). The second-order valence-corrected chi connectivity index (χ2v) is 13.1. The van der Waals surface area contributed by atoms with Crippen LogP contribution < -0.4 is 4.74 Å². The molecular formula is C27H31Br2NO5. The molecular weight excluding hydrogens is 578 g/mol. The summed E-state index contributed by atoms with van der Waals surface area (Å²) in [5, 5.41) is 9.49. The molecule has 1 N–H and O–H groups in total. The molecule has 0 saturated carbocycles. The van der Waals surface area contributed by atoms with Crippen molar-refractivity contribution in [3.05, 3.63) is 49.2 Å². The third kappa shape index (κ3) is 4.88. The summed E-state index contributed by atoms with van der Waals surface area (Å²) in [6, 6.07) is 3.81. The summed E-state index contributed by atoms with van der Waals surface area (Å²) in [7, 11) is 1.58. The molecule has 2 aliphatic carbocycles. The standard InChI is InChI=1S/C27H31Br2NO5/c1-26(2)10-17-23(19(31)12-26)22(15-8-14(28)9-16(29)25(15)35-5)24-18(30(17)7-6-21(33)34)11-27(3,4)13-20(24)32/h8-9,22H,6-7,10-13H2,1-5H3,(H,33,34). The van der Waals surface area contributed by atoms with Gasteiger partial charge in [-0.2, -0.15) is 0 Å². The van der Waals surface area contributed by atoms with Crippen molar-refractivity contribution in [2.75, 3.05) is 13.7 Å². The van der Waals surface area contributed by atoms with Gasteiger partial charge in [0.05, 0.1) is 18.0 Å². The number of ether oxygens (including phenoxy) is 1. The van der Waals surface area contributed by atoms with Crippen LogP contribution in [0.5, 0.6) is 5.75 Å². The maximum atomic E-state index is 13.8. The van der Waals surface area contributed by atoms with Gasteiger partial charge in [0.25, 0.3) is 0 Å². The molecule has 3 aliphatic rings. The first-order valence-corrected chi connectivity index (χ1v) is 13.4. The summed E-state index contributed by atoms with van der Waals surface area (Å²) >= 11 is 7.16. The summed E-state index contributed by atoms with van der Waals surface area (Å²) in [4.78, 5) is 41.1. The third-order valence-corrected chi connectivity index (χ3v) is 8.17. The molecule has 1 heterocycles. The second-order valence-electron chi connectivity index (χ2n) is 11.3. The Morgan fingerprint density at radius 3 is 1.97 bits per heavy atom. The molecule has 0 fully saturated rings. The number of rotatable bonds is 5. The molecule has 35 heavy (non-hydrogen) atoms. The zero-order valence-electron chi connectivity index (χ0n) is 20.8. The van der Waals surface area contributed by atoms with Gasteiger partial charge in [-0.05, 0) is 51.7 Å². The molecule has 0 bridgehead atoms. The van der Waals surface area contributed by atoms with Gasteiger partial charge >= 0.3 is 5.97 Å². The molecule has 0 atom stereocenters. The lowest BCUT2D eigenvalue weighted by atomic mass is 9.63. The molecule has 0 unspecified atom stereocenters. The van der Waals surface area contributed by atoms with E-state index < -0.39 is 11.9 Å². The SMILES string of the molecule is COc1c(Br)cc(Br)cc1C1C2=C(CC(C)(C)CC2=O)N(CCC(=O)O)C2=C1C(=O)CC(C)(C)C2. The van der Waals surface area contributed by atoms with E-state index in [4.69, 9.17) is 4.74 Å². The van der Waals surface area contributed by atoms with Gasteiger partial charge in [0.1, 0.15) is 5.75 Å². The summed E-state index contributed by atoms with van der Waals surface area (Å²) in [6.45, 7) is 8.49. The fourth-order valence-electron chi connectivity index (χ4n) is 5.85. The molecule has 188 valence electrons. The van der Waals surface area contributed by atoms with Gasteiger partial charge in [-0.25, -0.2) is 0 Å². The number of nitrogens with zero attached hydrogens (tertiary/aromatic N) is 1. The van der Waals surface area contributed by atoms with Crippen LogP contribution in [0.25, 0.3) is 0 Å². The molecule has 0 amide bonds. The van der Waals surface area contributed by atoms with E-state index in [0.29, 0.717) is 42.6 Å². The molecule has 0 spiro atoms. The minimum absolute atomic E-state index is 0.00362. The van der Waals surface area contributed by atoms with E-state index in [-0.39, 0.29) is 35.4 Å². The van der Waals surface area contributed by atoms with E-state index in [1.54, 1.807) is 7.11 Å². The van der Waals surface area contributed by atoms with E-state index in [9.17, 15) is 19.5 Å². The number of hydrogen-bond donors (Lipinski definition) is 1. The van der Waals surface area contributed by atoms with Gasteiger partial charge in [0.2, 0.25) is 0 Å². The maximum Gasteiger partial charge on any atom is 0.305 e. The van der Waals surface area contributed by atoms with Crippen LogP contribution in [0.1, 0.15) is 71.3 Å². The van der Waals surface area contributed by atoms with Crippen LogP contribution in [0.3, 0.4) is 0 Å². The number of carbonyl (C=O) groups excluding carboxylic acids is 2. The Morgan fingerprint density at radius 1 is 1.00 bits per heavy atom. The smallest absolute Gasteiger partial charge is 0.305 e. The zero-order valence-corrected chi connectivity index (χ0v) is 23.9. The maximum absolute atomic E-state index is 13.8. The Hall–Kier alpha value is -1.93. The number of Topliss-reactive ketones (excluding diaryl/α,β-unsaturated/α-hetero) is 2. The molecule has 6 nitrogen and oxygen atoms in total. The first kappa shape index (κ1) is 26.1. The van der Waals surface area contributed by atoms with E-state index in [1.165, 1.54) is 0 Å². The van der Waals surface area contributed by atoms with Crippen LogP contribution in [-0.4, -0.2) is 41.2 Å². The first-order chi connectivity index (χ1) is 16.2. The lowest BCUT2D eigenvalue weighted by Gasteiger charge is -2.49. The average Bonchev–Trinajstić information content (AvgIpc) is 2.69. The van der Waals surface area contributed by atoms with Gasteiger partial charge in [-0.3, -0.25) is 14.4 Å². The molecule has 8 heteroatoms. The number of ketones is 2. The molecule has 0 aromatic heterocycles. The van der Waals surface area contributed by atoms with Gasteiger partial charge in [0.15, 0.2) is 11.6 Å². The fraction of sp³-hybridized carbons (Fsp3) is 0.519. The predicted molar refractivity (Wildman–Crippen MR) is 140 cm³/mol. The highest BCUT2D eigenvalue weighted by Gasteiger charge is 2.49. The van der Waals surface area contributed by atoms with E-state index in [2.05, 4.69) is 59.6 Å². The zero-order chi connectivity index (χ0) is 25.9. The van der Waals surface area contributed by atoms with Gasteiger partial charge in [-0.15, -0.1) is 0 Å². The van der Waals surface area contributed by atoms with Crippen molar-refractivity contribution >= 4 is 49.4 Å². The molecule has 0 saturated heterocycles. The number of benzene rings is 1. The van der Waals surface area contributed by atoms with Crippen LogP contribution in [0, 0.1) is 10.8 Å². The molecule has 1 aromatic carbocycles. The Labute approximate surface area is 223 Å². The third-order valence-electron chi connectivity index (χ3n) is 7.12. The Morgan fingerprint density at radius 2 is 1.51 bits per heavy atom. The number of aliphatic carboxylic acids is 1. The number of halogens is 2. The summed E-state index contributed by atoms with van der Waals surface area (Å²) < 4.78 is 7.32. The van der Waals surface area contributed by atoms with Crippen molar-refractivity contribution in [3.63, 3.8) is 0 Å². The van der Waals surface area contributed by atoms with Crippen LogP contribution in [-0.2, 0) is 14.4 Å². The van der Waals surface area contributed by atoms with Crippen molar-refractivity contribution in [2.24, 2.45) is 10.8 Å². The van der Waals surface area contributed by atoms with Crippen molar-refractivity contribution in [2.45, 2.75) is 65.7 Å². The average molecular weight is 609 g/mol. The molecule has 1 aliphatic heterocycles. The van der Waals surface area contributed by atoms with Crippen LogP contribution >= 0.6 is 31.9 Å². The first-order valence-electron chi connectivity index (χ1n) is 11.8. The number of methoxy groups -OCH3 is 1. The minimum Gasteiger partial charge on any atom is -0.495 e. The number of carboxylic acids is 1. The number of allylic oxidation sites excluding steroid dienone is 4. The topological polar surface area (TPSA) is 83.9 Å². The summed E-state index contributed by atoms with van der Waals surface area (Å²) in [6.07, 6.45) is 1.93. The van der Waals surface area contributed by atoms with Crippen LogP contribution in [0.4, 0.5) is 0 Å². The second kappa shape index (κ2) is 9.18. The number of hydrogen-bond acceptors (Lipinski definition) is 5. The fourth-order valence-corrected chi connectivity index (χ4v) is 7.27. The Balaban J connectivity index is 2.05. The van der Waals surface area contributed by atoms with Gasteiger partial charge < -0.3 is 14.7 Å². The lowest BCUT2D eigenvalue weighted by Crippen LogP contribution is -2.45. The van der Waals surface area contributed by atoms with Crippen LogP contribution in [0.15, 0.2) is 43.6 Å². The van der Waals surface area contributed by atoms with Gasteiger partial charge in [-0.1, -0.05) is 43.6 Å². The van der Waals surface area contributed by atoms with Gasteiger partial charge in [0, 0.05) is 57.9 Å². The highest BCUT2D eigenvalue weighted by atomic mass is 79.9. The van der Waals surface area contributed by atoms with Crippen molar-refractivity contribution in [3.8, 4) is 5.75 Å². The minimum atomic E-state index is -0.906. The van der Waals surface area contributed by atoms with Crippen molar-refractivity contribution < 1.29 is 24.2 Å². The number of carboxylic acid groups (broad SMARTS) is 1. The quantitative estimate of drug-likeness (QED) is 0.417. The lowest BCUT2D eigenvalue weighted by molar-refractivity contribution is -0.137. The van der Waals surface area contributed by atoms with Crippen molar-refractivity contribution in [1.82, 2.24) is 4.90 Å². The van der Waals surface area contributed by atoms with E-state index in [0.717, 1.165) is 25.9 Å².